The third-order valence-corrected chi connectivity index (χ3v) is 13.4. The van der Waals surface area contributed by atoms with E-state index >= 15 is 0 Å². The molecule has 4 N–H and O–H groups in total. The highest BCUT2D eigenvalue weighted by Gasteiger charge is 2.39. The van der Waals surface area contributed by atoms with Gasteiger partial charge in [0.05, 0.1) is 12.0 Å². The van der Waals surface area contributed by atoms with Crippen molar-refractivity contribution in [2.75, 3.05) is 13.7 Å². The van der Waals surface area contributed by atoms with Crippen LogP contribution in [-0.4, -0.2) is 80.0 Å². The average Bonchev–Trinajstić information content (AvgIpc) is 2.98. The average molecular weight is 661 g/mol. The molecule has 0 radical (unpaired) electrons. The molecule has 258 valence electrons. The Balaban J connectivity index is 2.36. The molecule has 1 aliphatic heterocycles. The van der Waals surface area contributed by atoms with Gasteiger partial charge in [-0.15, -0.1) is 6.58 Å². The summed E-state index contributed by atoms with van der Waals surface area (Å²) in [4.78, 5) is 52.7. The van der Waals surface area contributed by atoms with E-state index in [2.05, 4.69) is 56.5 Å². The van der Waals surface area contributed by atoms with Crippen molar-refractivity contribution in [1.29, 1.82) is 0 Å². The van der Waals surface area contributed by atoms with Crippen LogP contribution in [0.4, 0.5) is 0 Å². The fourth-order valence-electron chi connectivity index (χ4n) is 5.03. The lowest BCUT2D eigenvalue weighted by Gasteiger charge is -2.36. The SMILES string of the molecule is C=CCC[C@@H](OC)[C@@H](C)C(=O)N[C@H](C(=O)N[C@@H](Cc1cccc(O[Si](C)(C)C(C)(C)C)c1)C(=O)N1CCC[C@@H](C(=O)O)N1)C(C)C. The molecule has 46 heavy (non-hydrogen) atoms. The Bertz CT molecular complexity index is 1220. The third kappa shape index (κ3) is 10.9. The number of hydrogen-bond donors (Lipinski definition) is 4. The molecule has 0 saturated carbocycles. The van der Waals surface area contributed by atoms with Crippen molar-refractivity contribution >= 4 is 32.0 Å². The number of amides is 3. The summed E-state index contributed by atoms with van der Waals surface area (Å²) in [7, 11) is -0.586. The van der Waals surface area contributed by atoms with Crippen molar-refractivity contribution in [3.05, 3.63) is 42.5 Å². The number of carbonyl (C=O) groups is 4. The second-order valence-electron chi connectivity index (χ2n) is 14.1. The number of methoxy groups -OCH3 is 1. The van der Waals surface area contributed by atoms with Gasteiger partial charge in [-0.2, -0.15) is 0 Å². The summed E-state index contributed by atoms with van der Waals surface area (Å²) in [5.41, 5.74) is 3.58. The topological polar surface area (TPSA) is 146 Å². The molecule has 0 spiro atoms. The molecule has 3 amide bonds. The summed E-state index contributed by atoms with van der Waals surface area (Å²) in [6, 6.07) is 4.63. The number of hydrogen-bond acceptors (Lipinski definition) is 7. The molecule has 0 aliphatic carbocycles. The first-order valence-corrected chi connectivity index (χ1v) is 19.1. The minimum Gasteiger partial charge on any atom is -0.543 e. The standard InChI is InChI=1S/C34H56N4O7Si/c1-11-12-18-28(44-8)23(4)30(39)36-29(22(2)3)31(40)35-27(32(41)38-19-14-17-26(37-38)33(42)43)21-24-15-13-16-25(20-24)45-46(9,10)34(5,6)7/h11,13,15-16,20,22-23,26-29,37H,1,12,14,17-19,21H2,2-10H3,(H,35,40)(H,36,39)(H,42,43)/t23-,26+,27+,28-,29+/m1/s1. The quantitative estimate of drug-likeness (QED) is 0.150. The first-order valence-electron chi connectivity index (χ1n) is 16.2. The molecule has 0 aromatic heterocycles. The van der Waals surface area contributed by atoms with Crippen LogP contribution in [0.2, 0.25) is 18.1 Å². The van der Waals surface area contributed by atoms with Gasteiger partial charge < -0.3 is 24.9 Å². The summed E-state index contributed by atoms with van der Waals surface area (Å²) in [6.45, 7) is 20.2. The van der Waals surface area contributed by atoms with Crippen LogP contribution in [0, 0.1) is 11.8 Å². The molecule has 0 unspecified atom stereocenters. The highest BCUT2D eigenvalue weighted by molar-refractivity contribution is 6.74. The molecule has 0 bridgehead atoms. The third-order valence-electron chi connectivity index (χ3n) is 9.06. The minimum absolute atomic E-state index is 0.0151. The van der Waals surface area contributed by atoms with Crippen LogP contribution in [0.1, 0.15) is 72.8 Å². The van der Waals surface area contributed by atoms with Gasteiger partial charge in [-0.1, -0.05) is 59.8 Å². The number of aliphatic carboxylic acids is 1. The zero-order valence-electron chi connectivity index (χ0n) is 29.1. The minimum atomic E-state index is -2.14. The van der Waals surface area contributed by atoms with Crippen LogP contribution in [0.25, 0.3) is 0 Å². The molecule has 1 saturated heterocycles. The van der Waals surface area contributed by atoms with Gasteiger partial charge in [-0.05, 0) is 67.4 Å². The fraction of sp³-hybridized carbons (Fsp3) is 0.647. The summed E-state index contributed by atoms with van der Waals surface area (Å²) >= 11 is 0. The van der Waals surface area contributed by atoms with E-state index in [0.717, 1.165) is 5.56 Å². The maximum atomic E-state index is 13.9. The number of nitrogens with one attached hydrogen (secondary N) is 3. The van der Waals surface area contributed by atoms with Gasteiger partial charge in [0, 0.05) is 20.1 Å². The van der Waals surface area contributed by atoms with Crippen LogP contribution in [0.5, 0.6) is 5.75 Å². The molecule has 11 nitrogen and oxygen atoms in total. The maximum Gasteiger partial charge on any atom is 0.322 e. The van der Waals surface area contributed by atoms with Crippen LogP contribution in [0.3, 0.4) is 0 Å². The van der Waals surface area contributed by atoms with Gasteiger partial charge >= 0.3 is 5.97 Å². The van der Waals surface area contributed by atoms with E-state index in [0.29, 0.717) is 38.0 Å². The van der Waals surface area contributed by atoms with Crippen LogP contribution in [0.15, 0.2) is 36.9 Å². The van der Waals surface area contributed by atoms with E-state index in [9.17, 15) is 24.3 Å². The Morgan fingerprint density at radius 2 is 1.83 bits per heavy atom. The van der Waals surface area contributed by atoms with Gasteiger partial charge in [0.15, 0.2) is 0 Å². The summed E-state index contributed by atoms with van der Waals surface area (Å²) in [6.07, 6.45) is 3.74. The Kier molecular flexibility index (Phi) is 14.5. The first-order chi connectivity index (χ1) is 21.4. The number of hydrazine groups is 1. The van der Waals surface area contributed by atoms with Gasteiger partial charge in [0.1, 0.15) is 23.9 Å². The monoisotopic (exact) mass is 660 g/mol. The largest absolute Gasteiger partial charge is 0.543 e. The number of carbonyl (C=O) groups excluding carboxylic acids is 3. The first kappa shape index (κ1) is 39.0. The molecule has 1 aromatic rings. The van der Waals surface area contributed by atoms with Crippen molar-refractivity contribution in [3.63, 3.8) is 0 Å². The number of benzene rings is 1. The van der Waals surface area contributed by atoms with Crippen LogP contribution in [-0.2, 0) is 30.3 Å². The molecule has 1 aliphatic rings. The van der Waals surface area contributed by atoms with Crippen LogP contribution < -0.4 is 20.5 Å². The number of carboxylic acid groups (broad SMARTS) is 1. The van der Waals surface area contributed by atoms with Crippen LogP contribution >= 0.6 is 0 Å². The van der Waals surface area contributed by atoms with E-state index in [-0.39, 0.29) is 29.4 Å². The van der Waals surface area contributed by atoms with E-state index in [1.54, 1.807) is 20.1 Å². The second kappa shape index (κ2) is 17.1. The predicted molar refractivity (Wildman–Crippen MR) is 182 cm³/mol. The van der Waals surface area contributed by atoms with E-state index < -0.39 is 50.1 Å². The summed E-state index contributed by atoms with van der Waals surface area (Å²) in [5.74, 6) is -2.46. The predicted octanol–water partition coefficient (Wildman–Crippen LogP) is 4.44. The fourth-order valence-corrected chi connectivity index (χ4v) is 6.06. The molecular weight excluding hydrogens is 604 g/mol. The number of ether oxygens (including phenoxy) is 1. The van der Waals surface area contributed by atoms with Crippen molar-refractivity contribution in [1.82, 2.24) is 21.1 Å². The molecule has 1 fully saturated rings. The molecule has 1 aromatic carbocycles. The van der Waals surface area contributed by atoms with Gasteiger partial charge in [0.25, 0.3) is 5.91 Å². The summed E-state index contributed by atoms with van der Waals surface area (Å²) < 4.78 is 12.0. The van der Waals surface area contributed by atoms with Crippen molar-refractivity contribution < 1.29 is 33.4 Å². The van der Waals surface area contributed by atoms with Gasteiger partial charge in [-0.25, -0.2) is 5.43 Å². The lowest BCUT2D eigenvalue weighted by molar-refractivity contribution is -0.148. The maximum absolute atomic E-state index is 13.9. The Morgan fingerprint density at radius 3 is 2.39 bits per heavy atom. The van der Waals surface area contributed by atoms with Crippen molar-refractivity contribution in [3.8, 4) is 5.75 Å². The highest BCUT2D eigenvalue weighted by Crippen LogP contribution is 2.37. The lowest BCUT2D eigenvalue weighted by atomic mass is 9.96. The zero-order chi connectivity index (χ0) is 34.8. The van der Waals surface area contributed by atoms with Gasteiger partial charge in [0.2, 0.25) is 20.1 Å². The zero-order valence-corrected chi connectivity index (χ0v) is 30.1. The van der Waals surface area contributed by atoms with E-state index in [4.69, 9.17) is 9.16 Å². The highest BCUT2D eigenvalue weighted by atomic mass is 28.4. The Morgan fingerprint density at radius 1 is 1.15 bits per heavy atom. The number of rotatable bonds is 16. The van der Waals surface area contributed by atoms with Crippen molar-refractivity contribution in [2.45, 2.75) is 116 Å². The van der Waals surface area contributed by atoms with E-state index in [1.807, 2.05) is 38.1 Å². The molecule has 2 rings (SSSR count). The Labute approximate surface area is 276 Å². The normalized spacial score (nSPS) is 18.2. The van der Waals surface area contributed by atoms with Crippen molar-refractivity contribution in [2.24, 2.45) is 11.8 Å². The number of carboxylic acids is 1. The Hall–Kier alpha value is -3.22. The van der Waals surface area contributed by atoms with Gasteiger partial charge in [-0.3, -0.25) is 24.2 Å². The number of nitrogens with zero attached hydrogens (tertiary/aromatic N) is 1. The second-order valence-corrected chi connectivity index (χ2v) is 18.8. The molecular formula is C34H56N4O7Si. The number of allylic oxidation sites excluding steroid dienone is 1. The van der Waals surface area contributed by atoms with E-state index in [1.165, 1.54) is 5.01 Å². The molecule has 12 heteroatoms. The lowest BCUT2D eigenvalue weighted by Crippen LogP contribution is -2.62. The smallest absolute Gasteiger partial charge is 0.322 e. The molecule has 5 atom stereocenters. The molecule has 1 heterocycles. The summed E-state index contributed by atoms with van der Waals surface area (Å²) in [5, 5.41) is 16.6.